The van der Waals surface area contributed by atoms with Crippen molar-refractivity contribution in [3.63, 3.8) is 0 Å². The van der Waals surface area contributed by atoms with Crippen molar-refractivity contribution >= 4 is 40.7 Å². The maximum atomic E-state index is 11.9. The highest BCUT2D eigenvalue weighted by atomic mass is 35.5. The number of halogens is 1. The molecule has 0 unspecified atom stereocenters. The second kappa shape index (κ2) is 6.23. The second-order valence-corrected chi connectivity index (χ2v) is 14.2. The van der Waals surface area contributed by atoms with Crippen LogP contribution in [0.2, 0.25) is 31.0 Å². The third-order valence-electron chi connectivity index (χ3n) is 2.99. The van der Waals surface area contributed by atoms with E-state index >= 15 is 0 Å². The molecule has 10 heteroatoms. The van der Waals surface area contributed by atoms with Gasteiger partial charge in [0.2, 0.25) is 20.3 Å². The lowest BCUT2D eigenvalue weighted by atomic mass is 10.5. The summed E-state index contributed by atoms with van der Waals surface area (Å²) in [6.45, 7) is 7.42. The lowest BCUT2D eigenvalue weighted by Gasteiger charge is -2.16. The Morgan fingerprint density at radius 2 is 2.00 bits per heavy atom. The molecule has 0 fully saturated rings. The number of ether oxygens (including phenoxy) is 1. The van der Waals surface area contributed by atoms with Gasteiger partial charge in [-0.15, -0.1) is 0 Å². The van der Waals surface area contributed by atoms with E-state index in [1.807, 2.05) is 0 Å². The smallest absolute Gasteiger partial charge is 0.231 e. The molecule has 22 heavy (non-hydrogen) atoms. The number of aromatic nitrogens is 4. The molecule has 0 radical (unpaired) electrons. The summed E-state index contributed by atoms with van der Waals surface area (Å²) in [5, 5.41) is -0.0658. The summed E-state index contributed by atoms with van der Waals surface area (Å²) in [6, 6.07) is 0.996. The predicted molar refractivity (Wildman–Crippen MR) is 87.5 cm³/mol. The Labute approximate surface area is 135 Å². The number of rotatable bonds is 6. The van der Waals surface area contributed by atoms with E-state index in [9.17, 15) is 8.42 Å². The molecule has 122 valence electrons. The van der Waals surface area contributed by atoms with Gasteiger partial charge in [-0.05, 0) is 17.6 Å². The number of nitrogens with zero attached hydrogens (tertiary/aromatic N) is 4. The summed E-state index contributed by atoms with van der Waals surface area (Å²) in [5.74, 6) is 0. The van der Waals surface area contributed by atoms with Gasteiger partial charge in [-0.1, -0.05) is 19.6 Å². The molecule has 2 aromatic rings. The van der Waals surface area contributed by atoms with Crippen LogP contribution in [0.15, 0.2) is 11.4 Å². The predicted octanol–water partition coefficient (Wildman–Crippen LogP) is 2.20. The van der Waals surface area contributed by atoms with Crippen molar-refractivity contribution in [2.75, 3.05) is 12.9 Å². The first-order valence-electron chi connectivity index (χ1n) is 6.74. The zero-order chi connectivity index (χ0) is 16.5. The molecule has 2 rings (SSSR count). The largest absolute Gasteiger partial charge is 0.361 e. The van der Waals surface area contributed by atoms with Crippen LogP contribution in [0, 0.1) is 0 Å². The molecular weight excluding hydrogens is 344 g/mol. The van der Waals surface area contributed by atoms with Gasteiger partial charge in [-0.3, -0.25) is 4.57 Å². The fraction of sp³-hybridized carbons (Fsp3) is 0.583. The fourth-order valence-corrected chi connectivity index (χ4v) is 3.50. The Bertz CT molecular complexity index is 786. The Morgan fingerprint density at radius 3 is 2.59 bits per heavy atom. The average Bonchev–Trinajstić information content (AvgIpc) is 2.71. The van der Waals surface area contributed by atoms with E-state index in [1.54, 1.807) is 0 Å². The molecule has 0 N–H and O–H groups in total. The molecule has 0 aliphatic heterocycles. The topological polar surface area (TPSA) is 87.0 Å². The van der Waals surface area contributed by atoms with E-state index < -0.39 is 17.9 Å². The molecule has 2 heterocycles. The van der Waals surface area contributed by atoms with E-state index in [4.69, 9.17) is 16.3 Å². The Hall–Kier alpha value is -1.03. The zero-order valence-electron chi connectivity index (χ0n) is 13.0. The van der Waals surface area contributed by atoms with Gasteiger partial charge in [0.25, 0.3) is 0 Å². The summed E-state index contributed by atoms with van der Waals surface area (Å²) < 4.78 is 30.9. The van der Waals surface area contributed by atoms with E-state index in [-0.39, 0.29) is 22.8 Å². The molecule has 0 atom stereocenters. The third-order valence-corrected chi connectivity index (χ3v) is 5.85. The molecule has 0 saturated heterocycles. The molecule has 2 aromatic heterocycles. The number of hydrogen-bond acceptors (Lipinski definition) is 6. The summed E-state index contributed by atoms with van der Waals surface area (Å²) >= 11 is 5.72. The van der Waals surface area contributed by atoms with Crippen LogP contribution in [0.25, 0.3) is 11.2 Å². The van der Waals surface area contributed by atoms with Crippen LogP contribution >= 0.6 is 11.6 Å². The van der Waals surface area contributed by atoms with Crippen molar-refractivity contribution < 1.29 is 13.2 Å². The van der Waals surface area contributed by atoms with Crippen molar-refractivity contribution in [1.82, 2.24) is 19.5 Å². The first-order valence-corrected chi connectivity index (χ1v) is 12.7. The van der Waals surface area contributed by atoms with Gasteiger partial charge in [-0.25, -0.2) is 13.4 Å². The highest BCUT2D eigenvalue weighted by Gasteiger charge is 2.21. The third kappa shape index (κ3) is 4.25. The highest BCUT2D eigenvalue weighted by molar-refractivity contribution is 7.90. The molecule has 7 nitrogen and oxygen atoms in total. The summed E-state index contributed by atoms with van der Waals surface area (Å²) in [5.41, 5.74) is 0.729. The van der Waals surface area contributed by atoms with Gasteiger partial charge in [-0.2, -0.15) is 9.97 Å². The van der Waals surface area contributed by atoms with Crippen LogP contribution < -0.4 is 0 Å². The minimum atomic E-state index is -3.50. The van der Waals surface area contributed by atoms with E-state index in [0.717, 1.165) is 12.3 Å². The summed E-state index contributed by atoms with van der Waals surface area (Å²) in [7, 11) is -4.70. The maximum absolute atomic E-state index is 11.9. The van der Waals surface area contributed by atoms with Crippen LogP contribution in [0.5, 0.6) is 0 Å². The minimum absolute atomic E-state index is 0.0249. The molecular formula is C12H19ClN4O3SSi. The van der Waals surface area contributed by atoms with Crippen LogP contribution in [0.3, 0.4) is 0 Å². The van der Waals surface area contributed by atoms with Crippen molar-refractivity contribution in [2.45, 2.75) is 37.6 Å². The fourth-order valence-electron chi connectivity index (χ4n) is 1.81. The van der Waals surface area contributed by atoms with Crippen LogP contribution in [0.1, 0.15) is 0 Å². The lowest BCUT2D eigenvalue weighted by Crippen LogP contribution is -2.22. The normalized spacial score (nSPS) is 13.0. The van der Waals surface area contributed by atoms with Gasteiger partial charge >= 0.3 is 0 Å². The van der Waals surface area contributed by atoms with Gasteiger partial charge in [0.05, 0.1) is 6.20 Å². The average molecular weight is 363 g/mol. The first-order chi connectivity index (χ1) is 10.1. The van der Waals surface area contributed by atoms with Gasteiger partial charge in [0.15, 0.2) is 5.65 Å². The number of sulfone groups is 1. The quantitative estimate of drug-likeness (QED) is 0.444. The molecule has 0 spiro atoms. The maximum Gasteiger partial charge on any atom is 0.231 e. The van der Waals surface area contributed by atoms with E-state index in [2.05, 4.69) is 34.6 Å². The summed E-state index contributed by atoms with van der Waals surface area (Å²) in [4.78, 5) is 11.9. The highest BCUT2D eigenvalue weighted by Crippen LogP contribution is 2.19. The van der Waals surface area contributed by atoms with Crippen molar-refractivity contribution in [1.29, 1.82) is 0 Å². The molecule has 0 bridgehead atoms. The molecule has 0 aromatic carbocycles. The monoisotopic (exact) mass is 362 g/mol. The number of imidazole rings is 1. The van der Waals surface area contributed by atoms with Crippen molar-refractivity contribution in [2.24, 2.45) is 0 Å². The molecule has 0 saturated carbocycles. The van der Waals surface area contributed by atoms with Gasteiger partial charge in [0, 0.05) is 20.9 Å². The van der Waals surface area contributed by atoms with Crippen molar-refractivity contribution in [3.05, 3.63) is 11.5 Å². The van der Waals surface area contributed by atoms with Crippen LogP contribution in [0.4, 0.5) is 0 Å². The van der Waals surface area contributed by atoms with E-state index in [0.29, 0.717) is 12.1 Å². The number of fused-ring (bicyclic) bond motifs is 1. The molecule has 0 aliphatic carbocycles. The standard InChI is InChI=1S/C12H19ClN4O3SSi/c1-21(18,19)12-16-10-9(7-14-11(13)15-10)17(12)8-20-5-6-22(2,3)4/h7H,5-6,8H2,1-4H3. The van der Waals surface area contributed by atoms with Crippen LogP contribution in [-0.2, 0) is 21.3 Å². The molecule has 0 aliphatic rings. The van der Waals surface area contributed by atoms with E-state index in [1.165, 1.54) is 10.8 Å². The Balaban J connectivity index is 2.30. The zero-order valence-corrected chi connectivity index (χ0v) is 15.6. The first kappa shape index (κ1) is 17.3. The van der Waals surface area contributed by atoms with Gasteiger partial charge in [0.1, 0.15) is 12.2 Å². The van der Waals surface area contributed by atoms with Crippen LogP contribution in [-0.4, -0.2) is 48.9 Å². The Morgan fingerprint density at radius 1 is 1.32 bits per heavy atom. The van der Waals surface area contributed by atoms with Gasteiger partial charge < -0.3 is 4.74 Å². The Kier molecular flexibility index (Phi) is 4.90. The summed E-state index contributed by atoms with van der Waals surface area (Å²) in [6.07, 6.45) is 2.55. The lowest BCUT2D eigenvalue weighted by molar-refractivity contribution is 0.0838. The minimum Gasteiger partial charge on any atom is -0.361 e. The number of hydrogen-bond donors (Lipinski definition) is 0. The molecule has 0 amide bonds. The van der Waals surface area contributed by atoms with Crippen molar-refractivity contribution in [3.8, 4) is 0 Å². The second-order valence-electron chi connectivity index (χ2n) is 6.29. The SMILES string of the molecule is C[Si](C)(C)CCOCn1c(S(C)(=O)=O)nc2nc(Cl)ncc21.